The monoisotopic (exact) mass is 381 g/mol. The smallest absolute Gasteiger partial charge is 0.222 e. The maximum Gasteiger partial charge on any atom is 0.231 e. The number of nitrogens with zero attached hydrogens (tertiary/aromatic N) is 3. The van der Waals surface area contributed by atoms with E-state index in [-0.39, 0.29) is 17.5 Å². The lowest BCUT2D eigenvalue weighted by Gasteiger charge is -2.29. The minimum atomic E-state index is -4.34. The summed E-state index contributed by atoms with van der Waals surface area (Å²) < 4.78 is 51.4. The summed E-state index contributed by atoms with van der Waals surface area (Å²) in [5.41, 5.74) is -0.397. The molecule has 0 N–H and O–H groups in total. The van der Waals surface area contributed by atoms with Gasteiger partial charge in [-0.1, -0.05) is 19.4 Å². The second kappa shape index (κ2) is 7.52. The lowest BCUT2D eigenvalue weighted by atomic mass is 10.1. The molecule has 0 saturated carbocycles. The van der Waals surface area contributed by atoms with Crippen LogP contribution in [-0.4, -0.2) is 38.8 Å². The van der Waals surface area contributed by atoms with Gasteiger partial charge in [0.1, 0.15) is 12.1 Å². The molecule has 0 aliphatic carbocycles. The molecule has 0 spiro atoms. The average Bonchev–Trinajstić information content (AvgIpc) is 2.61. The van der Waals surface area contributed by atoms with Crippen LogP contribution >= 0.6 is 0 Å². The normalized spacial score (nSPS) is 17.4. The van der Waals surface area contributed by atoms with Crippen LogP contribution < -0.4 is 0 Å². The van der Waals surface area contributed by atoms with Gasteiger partial charge in [-0.2, -0.15) is 10.5 Å². The lowest BCUT2D eigenvalue weighted by Crippen LogP contribution is -2.44. The molecule has 7 nitrogen and oxygen atoms in total. The Hall–Kier alpha value is -1.94. The number of rotatable bonds is 5. The molecular weight excluding hydrogens is 362 g/mol. The van der Waals surface area contributed by atoms with Gasteiger partial charge in [0.05, 0.1) is 16.0 Å². The first-order valence-electron chi connectivity index (χ1n) is 7.96. The highest BCUT2D eigenvalue weighted by atomic mass is 32.3. The van der Waals surface area contributed by atoms with E-state index in [1.165, 1.54) is 29.4 Å². The van der Waals surface area contributed by atoms with Crippen LogP contribution in [0.15, 0.2) is 23.1 Å². The van der Waals surface area contributed by atoms with E-state index in [9.17, 15) is 22.1 Å². The summed E-state index contributed by atoms with van der Waals surface area (Å²) in [6.07, 6.45) is 2.17. The van der Waals surface area contributed by atoms with Crippen molar-refractivity contribution in [1.29, 1.82) is 10.5 Å². The maximum absolute atomic E-state index is 13.0. The number of piperidine rings is 1. The lowest BCUT2D eigenvalue weighted by molar-refractivity contribution is 0.345. The summed E-state index contributed by atoms with van der Waals surface area (Å²) in [7, 11) is -8.41. The number of hydrogen-bond donors (Lipinski definition) is 0. The second-order valence-corrected chi connectivity index (χ2v) is 10.3. The summed E-state index contributed by atoms with van der Waals surface area (Å²) in [4.78, 5) is -0.401. The van der Waals surface area contributed by atoms with E-state index in [1.807, 2.05) is 0 Å². The van der Waals surface area contributed by atoms with Crippen molar-refractivity contribution in [2.75, 3.05) is 13.1 Å². The van der Waals surface area contributed by atoms with Gasteiger partial charge < -0.3 is 0 Å². The standard InChI is InChI=1S/C16H19N3O4S2/c1-2-16(25(22,23)19-9-4-3-5-10-19)24(20,21)15-8-6-7-13(11-17)14(15)12-18/h6-8,16H,2-5,9-10H2,1H3. The zero-order valence-corrected chi connectivity index (χ0v) is 15.5. The van der Waals surface area contributed by atoms with Crippen molar-refractivity contribution in [1.82, 2.24) is 4.31 Å². The van der Waals surface area contributed by atoms with Gasteiger partial charge in [0.2, 0.25) is 10.0 Å². The Bertz CT molecular complexity index is 935. The van der Waals surface area contributed by atoms with Crippen LogP contribution in [0.4, 0.5) is 0 Å². The molecule has 1 fully saturated rings. The van der Waals surface area contributed by atoms with Crippen molar-refractivity contribution >= 4 is 19.9 Å². The molecule has 0 radical (unpaired) electrons. The Balaban J connectivity index is 2.58. The molecule has 1 unspecified atom stereocenters. The van der Waals surface area contributed by atoms with Gasteiger partial charge in [-0.15, -0.1) is 0 Å². The number of nitriles is 2. The molecule has 134 valence electrons. The van der Waals surface area contributed by atoms with Crippen molar-refractivity contribution in [3.63, 3.8) is 0 Å². The number of sulfone groups is 1. The molecule has 1 atom stereocenters. The molecule has 2 rings (SSSR count). The zero-order chi connectivity index (χ0) is 18.7. The van der Waals surface area contributed by atoms with Gasteiger partial charge in [0.15, 0.2) is 14.4 Å². The van der Waals surface area contributed by atoms with Crippen LogP contribution in [0.5, 0.6) is 0 Å². The molecule has 1 aliphatic rings. The molecular formula is C16H19N3O4S2. The van der Waals surface area contributed by atoms with Crippen molar-refractivity contribution in [3.8, 4) is 12.1 Å². The van der Waals surface area contributed by atoms with Crippen LogP contribution in [0.25, 0.3) is 0 Å². The average molecular weight is 381 g/mol. The molecule has 1 saturated heterocycles. The number of hydrogen-bond acceptors (Lipinski definition) is 6. The molecule has 1 aromatic carbocycles. The fourth-order valence-electron chi connectivity index (χ4n) is 2.99. The molecule has 0 bridgehead atoms. The fraction of sp³-hybridized carbons (Fsp3) is 0.500. The van der Waals surface area contributed by atoms with Crippen LogP contribution in [0, 0.1) is 22.7 Å². The summed E-state index contributed by atoms with van der Waals surface area (Å²) >= 11 is 0. The van der Waals surface area contributed by atoms with Gasteiger partial charge in [-0.25, -0.2) is 21.1 Å². The predicted octanol–water partition coefficient (Wildman–Crippen LogP) is 1.76. The van der Waals surface area contributed by atoms with E-state index in [4.69, 9.17) is 5.26 Å². The molecule has 1 aliphatic heterocycles. The van der Waals surface area contributed by atoms with Gasteiger partial charge in [-0.3, -0.25) is 0 Å². The van der Waals surface area contributed by atoms with E-state index < -0.39 is 29.3 Å². The van der Waals surface area contributed by atoms with Crippen LogP contribution in [0.1, 0.15) is 43.7 Å². The first-order valence-corrected chi connectivity index (χ1v) is 11.0. The Labute approximate surface area is 148 Å². The molecule has 0 aromatic heterocycles. The van der Waals surface area contributed by atoms with E-state index in [2.05, 4.69) is 0 Å². The first kappa shape index (κ1) is 19.4. The third-order valence-corrected chi connectivity index (χ3v) is 9.80. The van der Waals surface area contributed by atoms with Crippen LogP contribution in [-0.2, 0) is 19.9 Å². The summed E-state index contributed by atoms with van der Waals surface area (Å²) in [6.45, 7) is 2.10. The van der Waals surface area contributed by atoms with E-state index in [0.717, 1.165) is 6.42 Å². The summed E-state index contributed by atoms with van der Waals surface area (Å²) in [5.74, 6) is 0. The van der Waals surface area contributed by atoms with Gasteiger partial charge >= 0.3 is 0 Å². The van der Waals surface area contributed by atoms with Gasteiger partial charge in [-0.05, 0) is 31.4 Å². The Morgan fingerprint density at radius 3 is 2.24 bits per heavy atom. The summed E-state index contributed by atoms with van der Waals surface area (Å²) in [6, 6.07) is 7.35. The fourth-order valence-corrected chi connectivity index (χ4v) is 7.90. The highest BCUT2D eigenvalue weighted by Crippen LogP contribution is 2.29. The van der Waals surface area contributed by atoms with Gasteiger partial charge in [0.25, 0.3) is 0 Å². The van der Waals surface area contributed by atoms with Crippen molar-refractivity contribution in [2.24, 2.45) is 0 Å². The summed E-state index contributed by atoms with van der Waals surface area (Å²) in [5, 5.41) is 18.4. The molecule has 9 heteroatoms. The third kappa shape index (κ3) is 3.54. The number of benzene rings is 1. The van der Waals surface area contributed by atoms with E-state index in [0.29, 0.717) is 25.9 Å². The third-order valence-electron chi connectivity index (χ3n) is 4.25. The Morgan fingerprint density at radius 1 is 1.08 bits per heavy atom. The minimum Gasteiger partial charge on any atom is -0.222 e. The topological polar surface area (TPSA) is 119 Å². The first-order chi connectivity index (χ1) is 11.8. The van der Waals surface area contributed by atoms with Gasteiger partial charge in [0, 0.05) is 13.1 Å². The highest BCUT2D eigenvalue weighted by Gasteiger charge is 2.42. The Morgan fingerprint density at radius 2 is 1.72 bits per heavy atom. The molecule has 1 heterocycles. The SMILES string of the molecule is CCC(S(=O)(=O)c1cccc(C#N)c1C#N)S(=O)(=O)N1CCCCC1. The number of sulfonamides is 1. The van der Waals surface area contributed by atoms with Crippen molar-refractivity contribution in [3.05, 3.63) is 29.3 Å². The van der Waals surface area contributed by atoms with Crippen molar-refractivity contribution in [2.45, 2.75) is 42.1 Å². The largest absolute Gasteiger partial charge is 0.231 e. The molecule has 0 amide bonds. The zero-order valence-electron chi connectivity index (χ0n) is 13.8. The molecule has 1 aromatic rings. The molecule has 25 heavy (non-hydrogen) atoms. The minimum absolute atomic E-state index is 0.0891. The van der Waals surface area contributed by atoms with E-state index >= 15 is 0 Å². The Kier molecular flexibility index (Phi) is 5.83. The van der Waals surface area contributed by atoms with Crippen molar-refractivity contribution < 1.29 is 16.8 Å². The predicted molar refractivity (Wildman–Crippen MR) is 91.5 cm³/mol. The van der Waals surface area contributed by atoms with Crippen LogP contribution in [0.3, 0.4) is 0 Å². The second-order valence-electron chi connectivity index (χ2n) is 5.79. The van der Waals surface area contributed by atoms with E-state index in [1.54, 1.807) is 12.1 Å². The maximum atomic E-state index is 13.0. The highest BCUT2D eigenvalue weighted by molar-refractivity contribution is 8.08. The quantitative estimate of drug-likeness (QED) is 0.766. The van der Waals surface area contributed by atoms with Crippen LogP contribution in [0.2, 0.25) is 0 Å².